The summed E-state index contributed by atoms with van der Waals surface area (Å²) in [4.78, 5) is 1.61. The van der Waals surface area contributed by atoms with Crippen molar-refractivity contribution in [2.75, 3.05) is 14.1 Å². The number of rotatable bonds is 3. The van der Waals surface area contributed by atoms with Gasteiger partial charge in [0, 0.05) is 14.1 Å². The molecule has 19 heavy (non-hydrogen) atoms. The molecule has 0 radical (unpaired) electrons. The van der Waals surface area contributed by atoms with E-state index in [9.17, 15) is 5.11 Å². The van der Waals surface area contributed by atoms with Crippen molar-refractivity contribution in [3.63, 3.8) is 0 Å². The molecule has 0 N–H and O–H groups in total. The van der Waals surface area contributed by atoms with Crippen molar-refractivity contribution in [2.24, 2.45) is 0 Å². The van der Waals surface area contributed by atoms with Crippen LogP contribution in [0.25, 0.3) is 5.57 Å². The van der Waals surface area contributed by atoms with Crippen LogP contribution in [0.2, 0.25) is 0 Å². The number of hydrogen-bond acceptors (Lipinski definition) is 2. The van der Waals surface area contributed by atoms with E-state index in [-0.39, 0.29) is 24.7 Å². The molecular weight excluding hydrogens is 229 g/mol. The third-order valence-corrected chi connectivity index (χ3v) is 2.74. The molecule has 0 amide bonds. The van der Waals surface area contributed by atoms with Crippen LogP contribution in [0.5, 0.6) is 0 Å². The van der Waals surface area contributed by atoms with Gasteiger partial charge in [0.05, 0.1) is 0 Å². The fourth-order valence-corrected chi connectivity index (χ4v) is 1.85. The average molecular weight is 245 g/mol. The minimum absolute atomic E-state index is 0. The van der Waals surface area contributed by atoms with Crippen molar-refractivity contribution in [2.45, 2.75) is 0 Å². The fourth-order valence-electron chi connectivity index (χ4n) is 1.85. The Morgan fingerprint density at radius 3 is 1.47 bits per heavy atom. The standard InChI is InChI=1S/C16H17NO.Li/c1-17(2)16(18)15(13-9-5-3-6-10-13)14-11-7-4-8-12-14;/h3-12,18H,1-2H3;/q;+1/p-1. The van der Waals surface area contributed by atoms with Crippen LogP contribution in [0.1, 0.15) is 11.1 Å². The van der Waals surface area contributed by atoms with Gasteiger partial charge < -0.3 is 10.0 Å². The second kappa shape index (κ2) is 7.09. The number of nitrogens with zero attached hydrogens (tertiary/aromatic N) is 1. The Morgan fingerprint density at radius 2 is 1.16 bits per heavy atom. The molecule has 0 aliphatic rings. The molecule has 0 atom stereocenters. The van der Waals surface area contributed by atoms with E-state index in [1.807, 2.05) is 60.7 Å². The van der Waals surface area contributed by atoms with Gasteiger partial charge in [0.25, 0.3) is 0 Å². The molecule has 2 rings (SSSR count). The van der Waals surface area contributed by atoms with Gasteiger partial charge in [0.2, 0.25) is 0 Å². The first-order valence-corrected chi connectivity index (χ1v) is 5.89. The molecule has 2 aromatic carbocycles. The van der Waals surface area contributed by atoms with Crippen LogP contribution in [-0.4, -0.2) is 19.0 Å². The van der Waals surface area contributed by atoms with Crippen molar-refractivity contribution in [3.05, 3.63) is 77.7 Å². The average Bonchev–Trinajstić information content (AvgIpc) is 2.41. The summed E-state index contributed by atoms with van der Waals surface area (Å²) in [5.41, 5.74) is 2.63. The van der Waals surface area contributed by atoms with Crippen molar-refractivity contribution >= 4 is 5.57 Å². The second-order valence-corrected chi connectivity index (χ2v) is 4.31. The monoisotopic (exact) mass is 245 g/mol. The van der Waals surface area contributed by atoms with Crippen LogP contribution in [0.3, 0.4) is 0 Å². The van der Waals surface area contributed by atoms with Crippen LogP contribution in [0.15, 0.2) is 66.5 Å². The molecule has 0 spiro atoms. The molecule has 92 valence electrons. The summed E-state index contributed by atoms with van der Waals surface area (Å²) in [6, 6.07) is 19.5. The van der Waals surface area contributed by atoms with Gasteiger partial charge in [-0.1, -0.05) is 60.7 Å². The molecule has 0 aliphatic carbocycles. The molecule has 3 heteroatoms. The largest absolute Gasteiger partial charge is 1.00 e. The molecule has 0 unspecified atom stereocenters. The smallest absolute Gasteiger partial charge is 0.860 e. The summed E-state index contributed by atoms with van der Waals surface area (Å²) in [7, 11) is 3.54. The molecule has 0 aromatic heterocycles. The SMILES string of the molecule is CN(C)C([O-])=C(c1ccccc1)c1ccccc1.[Li+]. The van der Waals surface area contributed by atoms with E-state index in [1.54, 1.807) is 19.0 Å². The van der Waals surface area contributed by atoms with Crippen molar-refractivity contribution in [1.29, 1.82) is 0 Å². The predicted octanol–water partition coefficient (Wildman–Crippen LogP) is -0.671. The molecular formula is C16H16LiNO. The van der Waals surface area contributed by atoms with E-state index in [1.165, 1.54) is 0 Å². The van der Waals surface area contributed by atoms with Gasteiger partial charge in [0.15, 0.2) is 0 Å². The third-order valence-electron chi connectivity index (χ3n) is 2.74. The summed E-state index contributed by atoms with van der Waals surface area (Å²) >= 11 is 0. The van der Waals surface area contributed by atoms with Gasteiger partial charge >= 0.3 is 18.9 Å². The van der Waals surface area contributed by atoms with E-state index < -0.39 is 0 Å². The normalized spacial score (nSPS) is 9.37. The van der Waals surface area contributed by atoms with Gasteiger partial charge in [-0.15, -0.1) is 0 Å². The maximum Gasteiger partial charge on any atom is 1.00 e. The summed E-state index contributed by atoms with van der Waals surface area (Å²) in [6.45, 7) is 0. The summed E-state index contributed by atoms with van der Waals surface area (Å²) in [6.07, 6.45) is 0. The summed E-state index contributed by atoms with van der Waals surface area (Å²) in [5, 5.41) is 12.3. The quantitative estimate of drug-likeness (QED) is 0.529. The number of hydrogen-bond donors (Lipinski definition) is 0. The van der Waals surface area contributed by atoms with Gasteiger partial charge in [-0.25, -0.2) is 0 Å². The van der Waals surface area contributed by atoms with Gasteiger partial charge in [-0.05, 0) is 22.6 Å². The van der Waals surface area contributed by atoms with Gasteiger partial charge in [-0.3, -0.25) is 0 Å². The predicted molar refractivity (Wildman–Crippen MR) is 72.6 cm³/mol. The minimum Gasteiger partial charge on any atom is -0.860 e. The van der Waals surface area contributed by atoms with E-state index in [0.29, 0.717) is 0 Å². The van der Waals surface area contributed by atoms with Crippen molar-refractivity contribution < 1.29 is 24.0 Å². The molecule has 0 aliphatic heterocycles. The Kier molecular flexibility index (Phi) is 5.76. The fraction of sp³-hybridized carbons (Fsp3) is 0.125. The summed E-state index contributed by atoms with van der Waals surface area (Å²) < 4.78 is 0. The first-order chi connectivity index (χ1) is 8.70. The van der Waals surface area contributed by atoms with Crippen LogP contribution >= 0.6 is 0 Å². The molecule has 0 saturated heterocycles. The zero-order chi connectivity index (χ0) is 13.0. The minimum atomic E-state index is 0. The molecule has 2 aromatic rings. The summed E-state index contributed by atoms with van der Waals surface area (Å²) in [5.74, 6) is 0.0207. The molecule has 0 fully saturated rings. The Balaban J connectivity index is 0.00000180. The first-order valence-electron chi connectivity index (χ1n) is 5.89. The first kappa shape index (κ1) is 15.4. The van der Waals surface area contributed by atoms with Gasteiger partial charge in [0.1, 0.15) is 0 Å². The number of benzene rings is 2. The zero-order valence-electron chi connectivity index (χ0n) is 11.6. The van der Waals surface area contributed by atoms with E-state index in [4.69, 9.17) is 0 Å². The zero-order valence-corrected chi connectivity index (χ0v) is 11.6. The van der Waals surface area contributed by atoms with Crippen molar-refractivity contribution in [3.8, 4) is 0 Å². The molecule has 0 heterocycles. The van der Waals surface area contributed by atoms with E-state index >= 15 is 0 Å². The second-order valence-electron chi connectivity index (χ2n) is 4.31. The van der Waals surface area contributed by atoms with Crippen molar-refractivity contribution in [1.82, 2.24) is 4.90 Å². The van der Waals surface area contributed by atoms with Crippen LogP contribution in [-0.2, 0) is 0 Å². The molecule has 0 saturated carbocycles. The Morgan fingerprint density at radius 1 is 0.789 bits per heavy atom. The Labute approximate surface area is 126 Å². The van der Waals surface area contributed by atoms with Crippen LogP contribution in [0, 0.1) is 0 Å². The van der Waals surface area contributed by atoms with Gasteiger partial charge in [-0.2, -0.15) is 0 Å². The maximum atomic E-state index is 12.3. The van der Waals surface area contributed by atoms with Crippen LogP contribution in [0.4, 0.5) is 0 Å². The maximum absolute atomic E-state index is 12.3. The van der Waals surface area contributed by atoms with E-state index in [0.717, 1.165) is 16.7 Å². The topological polar surface area (TPSA) is 26.3 Å². The Hall–Kier alpha value is -1.62. The van der Waals surface area contributed by atoms with E-state index in [2.05, 4.69) is 0 Å². The molecule has 2 nitrogen and oxygen atoms in total. The van der Waals surface area contributed by atoms with Crippen LogP contribution < -0.4 is 24.0 Å². The Bertz CT molecular complexity index is 494. The third kappa shape index (κ3) is 3.67. The molecule has 0 bridgehead atoms.